The standard InChI is InChI=1S/C11H10FN3O2/c1-7-14-10(17-15-7)6-13-11(16)8-3-2-4-9(12)5-8/h2-5H,6H2,1H3,(H,13,16). The minimum atomic E-state index is -0.453. The lowest BCUT2D eigenvalue weighted by atomic mass is 10.2. The van der Waals surface area contributed by atoms with Gasteiger partial charge >= 0.3 is 0 Å². The fraction of sp³-hybridized carbons (Fsp3) is 0.182. The van der Waals surface area contributed by atoms with Crippen LogP contribution in [0.1, 0.15) is 22.1 Å². The molecule has 2 aromatic rings. The molecule has 0 aliphatic rings. The van der Waals surface area contributed by atoms with E-state index in [0.717, 1.165) is 6.07 Å². The van der Waals surface area contributed by atoms with Crippen LogP contribution in [0.25, 0.3) is 0 Å². The maximum atomic E-state index is 12.9. The molecule has 0 fully saturated rings. The van der Waals surface area contributed by atoms with E-state index in [1.807, 2.05) is 0 Å². The number of carbonyl (C=O) groups excluding carboxylic acids is 1. The van der Waals surface area contributed by atoms with Gasteiger partial charge in [-0.2, -0.15) is 4.98 Å². The largest absolute Gasteiger partial charge is 0.343 e. The minimum Gasteiger partial charge on any atom is -0.343 e. The summed E-state index contributed by atoms with van der Waals surface area (Å²) in [6.45, 7) is 1.80. The van der Waals surface area contributed by atoms with Crippen molar-refractivity contribution in [2.24, 2.45) is 0 Å². The van der Waals surface area contributed by atoms with Crippen molar-refractivity contribution in [3.05, 3.63) is 47.4 Å². The van der Waals surface area contributed by atoms with E-state index in [0.29, 0.717) is 11.7 Å². The third-order valence-corrected chi connectivity index (χ3v) is 2.06. The van der Waals surface area contributed by atoms with Crippen LogP contribution in [0.2, 0.25) is 0 Å². The quantitative estimate of drug-likeness (QED) is 0.874. The first-order chi connectivity index (χ1) is 8.15. The number of amides is 1. The Bertz CT molecular complexity index is 539. The van der Waals surface area contributed by atoms with Crippen LogP contribution in [-0.4, -0.2) is 16.0 Å². The molecule has 0 saturated heterocycles. The van der Waals surface area contributed by atoms with Gasteiger partial charge in [-0.05, 0) is 25.1 Å². The number of halogens is 1. The Morgan fingerprint density at radius 1 is 1.53 bits per heavy atom. The molecule has 0 aliphatic carbocycles. The molecule has 1 amide bonds. The van der Waals surface area contributed by atoms with Crippen LogP contribution in [-0.2, 0) is 6.54 Å². The summed E-state index contributed by atoms with van der Waals surface area (Å²) < 4.78 is 17.7. The van der Waals surface area contributed by atoms with Gasteiger partial charge in [0.15, 0.2) is 5.82 Å². The van der Waals surface area contributed by atoms with E-state index in [9.17, 15) is 9.18 Å². The summed E-state index contributed by atoms with van der Waals surface area (Å²) in [5.41, 5.74) is 0.251. The number of aryl methyl sites for hydroxylation is 1. The molecule has 0 atom stereocenters. The van der Waals surface area contributed by atoms with Crippen molar-refractivity contribution in [1.29, 1.82) is 0 Å². The molecule has 17 heavy (non-hydrogen) atoms. The lowest BCUT2D eigenvalue weighted by Crippen LogP contribution is -2.23. The van der Waals surface area contributed by atoms with Crippen LogP contribution in [0, 0.1) is 12.7 Å². The van der Waals surface area contributed by atoms with E-state index in [4.69, 9.17) is 4.52 Å². The first-order valence-corrected chi connectivity index (χ1v) is 4.98. The zero-order valence-electron chi connectivity index (χ0n) is 9.11. The van der Waals surface area contributed by atoms with Gasteiger partial charge in [0.2, 0.25) is 5.89 Å². The predicted molar refractivity (Wildman–Crippen MR) is 56.6 cm³/mol. The number of carbonyl (C=O) groups is 1. The van der Waals surface area contributed by atoms with Gasteiger partial charge in [-0.25, -0.2) is 4.39 Å². The van der Waals surface area contributed by atoms with Crippen LogP contribution in [0.15, 0.2) is 28.8 Å². The van der Waals surface area contributed by atoms with Crippen molar-refractivity contribution < 1.29 is 13.7 Å². The van der Waals surface area contributed by atoms with E-state index in [1.54, 1.807) is 6.92 Å². The third kappa shape index (κ3) is 2.87. The second kappa shape index (κ2) is 4.73. The lowest BCUT2D eigenvalue weighted by molar-refractivity contribution is 0.0946. The van der Waals surface area contributed by atoms with Crippen LogP contribution < -0.4 is 5.32 Å². The molecule has 0 unspecified atom stereocenters. The monoisotopic (exact) mass is 235 g/mol. The van der Waals surface area contributed by atoms with E-state index in [2.05, 4.69) is 15.5 Å². The molecule has 0 bridgehead atoms. The molecule has 0 saturated carbocycles. The maximum Gasteiger partial charge on any atom is 0.251 e. The summed E-state index contributed by atoms with van der Waals surface area (Å²) in [6.07, 6.45) is 0. The van der Waals surface area contributed by atoms with Crippen LogP contribution in [0.5, 0.6) is 0 Å². The molecule has 0 radical (unpaired) electrons. The van der Waals surface area contributed by atoms with Crippen LogP contribution >= 0.6 is 0 Å². The lowest BCUT2D eigenvalue weighted by Gasteiger charge is -2.01. The Hall–Kier alpha value is -2.24. The van der Waals surface area contributed by atoms with Gasteiger partial charge in [0.1, 0.15) is 5.82 Å². The summed E-state index contributed by atoms with van der Waals surface area (Å²) in [4.78, 5) is 15.5. The van der Waals surface area contributed by atoms with Gasteiger partial charge in [0, 0.05) is 5.56 Å². The van der Waals surface area contributed by atoms with Crippen molar-refractivity contribution in [3.8, 4) is 0 Å². The number of nitrogens with zero attached hydrogens (tertiary/aromatic N) is 2. The first kappa shape index (κ1) is 11.3. The molecule has 0 spiro atoms. The Kier molecular flexibility index (Phi) is 3.13. The van der Waals surface area contributed by atoms with Crippen LogP contribution in [0.3, 0.4) is 0 Å². The van der Waals surface area contributed by atoms with Crippen molar-refractivity contribution in [2.75, 3.05) is 0 Å². The Morgan fingerprint density at radius 2 is 2.35 bits per heavy atom. The second-order valence-corrected chi connectivity index (χ2v) is 3.43. The van der Waals surface area contributed by atoms with Crippen molar-refractivity contribution >= 4 is 5.91 Å². The highest BCUT2D eigenvalue weighted by Gasteiger charge is 2.08. The van der Waals surface area contributed by atoms with E-state index in [1.165, 1.54) is 18.2 Å². The van der Waals surface area contributed by atoms with Gasteiger partial charge in [-0.1, -0.05) is 11.2 Å². The summed E-state index contributed by atoms with van der Waals surface area (Å²) in [5, 5.41) is 6.14. The number of hydrogen-bond acceptors (Lipinski definition) is 4. The Labute approximate surface area is 96.6 Å². The fourth-order valence-electron chi connectivity index (χ4n) is 1.30. The van der Waals surface area contributed by atoms with Gasteiger partial charge in [0.05, 0.1) is 6.54 Å². The number of rotatable bonds is 3. The zero-order chi connectivity index (χ0) is 12.3. The number of hydrogen-bond donors (Lipinski definition) is 1. The molecule has 1 aromatic carbocycles. The summed E-state index contributed by atoms with van der Waals surface area (Å²) in [6, 6.07) is 5.44. The molecule has 2 rings (SSSR count). The van der Waals surface area contributed by atoms with Crippen molar-refractivity contribution in [1.82, 2.24) is 15.5 Å². The zero-order valence-corrected chi connectivity index (χ0v) is 9.11. The molecule has 1 aromatic heterocycles. The summed E-state index contributed by atoms with van der Waals surface area (Å²) >= 11 is 0. The fourth-order valence-corrected chi connectivity index (χ4v) is 1.30. The van der Waals surface area contributed by atoms with Crippen LogP contribution in [0.4, 0.5) is 4.39 Å². The molecule has 1 heterocycles. The van der Waals surface area contributed by atoms with Crippen molar-refractivity contribution in [2.45, 2.75) is 13.5 Å². The molecule has 1 N–H and O–H groups in total. The minimum absolute atomic E-state index is 0.121. The topological polar surface area (TPSA) is 68.0 Å². The summed E-state index contributed by atoms with van der Waals surface area (Å²) in [5.74, 6) is -0.0288. The highest BCUT2D eigenvalue weighted by atomic mass is 19.1. The van der Waals surface area contributed by atoms with Gasteiger partial charge in [0.25, 0.3) is 5.91 Å². The highest BCUT2D eigenvalue weighted by molar-refractivity contribution is 5.94. The molecule has 6 heteroatoms. The Balaban J connectivity index is 1.98. The average Bonchev–Trinajstić information content (AvgIpc) is 2.72. The van der Waals surface area contributed by atoms with Gasteiger partial charge in [-0.3, -0.25) is 4.79 Å². The number of nitrogens with one attached hydrogen (secondary N) is 1. The average molecular weight is 235 g/mol. The molecule has 88 valence electrons. The molecular formula is C11H10FN3O2. The molecule has 5 nitrogen and oxygen atoms in total. The maximum absolute atomic E-state index is 12.9. The van der Waals surface area contributed by atoms with E-state index >= 15 is 0 Å². The SMILES string of the molecule is Cc1noc(CNC(=O)c2cccc(F)c2)n1. The Morgan fingerprint density at radius 3 is 3.00 bits per heavy atom. The number of benzene rings is 1. The third-order valence-electron chi connectivity index (χ3n) is 2.06. The predicted octanol–water partition coefficient (Wildman–Crippen LogP) is 1.45. The molecular weight excluding hydrogens is 225 g/mol. The second-order valence-electron chi connectivity index (χ2n) is 3.43. The van der Waals surface area contributed by atoms with E-state index in [-0.39, 0.29) is 18.0 Å². The normalized spacial score (nSPS) is 10.2. The van der Waals surface area contributed by atoms with Gasteiger partial charge in [-0.15, -0.1) is 0 Å². The van der Waals surface area contributed by atoms with Crippen molar-refractivity contribution in [3.63, 3.8) is 0 Å². The summed E-state index contributed by atoms with van der Waals surface area (Å²) in [7, 11) is 0. The number of aromatic nitrogens is 2. The molecule has 0 aliphatic heterocycles. The smallest absolute Gasteiger partial charge is 0.251 e. The van der Waals surface area contributed by atoms with E-state index < -0.39 is 5.82 Å². The first-order valence-electron chi connectivity index (χ1n) is 4.98. The highest BCUT2D eigenvalue weighted by Crippen LogP contribution is 2.03. The van der Waals surface area contributed by atoms with Gasteiger partial charge < -0.3 is 9.84 Å².